The molecule has 0 unspecified atom stereocenters. The smallest absolute Gasteiger partial charge is 0.252 e. The predicted molar refractivity (Wildman–Crippen MR) is 82.4 cm³/mol. The van der Waals surface area contributed by atoms with Crippen molar-refractivity contribution < 1.29 is 9.53 Å². The number of rotatable bonds is 4. The Labute approximate surface area is 126 Å². The fourth-order valence-electron chi connectivity index (χ4n) is 1.71. The lowest BCUT2D eigenvalue weighted by atomic mass is 10.1. The Hall–Kier alpha value is -2.11. The first-order chi connectivity index (χ1) is 9.50. The van der Waals surface area contributed by atoms with Gasteiger partial charge >= 0.3 is 0 Å². The molecule has 2 aromatic rings. The van der Waals surface area contributed by atoms with Crippen molar-refractivity contribution in [2.24, 2.45) is 11.5 Å². The molecule has 0 heterocycles. The molecule has 0 aromatic heterocycles. The van der Waals surface area contributed by atoms with Crippen molar-refractivity contribution in [3.63, 3.8) is 0 Å². The minimum atomic E-state index is -0.584. The monoisotopic (exact) mass is 306 g/mol. The molecule has 4 N–H and O–H groups in total. The molecular weight excluding hydrogens is 296 g/mol. The maximum atomic E-state index is 11.4. The topological polar surface area (TPSA) is 78.3 Å². The van der Waals surface area contributed by atoms with Gasteiger partial charge in [0.2, 0.25) is 0 Å². The molecule has 0 fully saturated rings. The first kappa shape index (κ1) is 14.3. The molecule has 0 atom stereocenters. The molecule has 20 heavy (non-hydrogen) atoms. The van der Waals surface area contributed by atoms with Crippen LogP contribution < -0.4 is 16.2 Å². The maximum Gasteiger partial charge on any atom is 0.252 e. The number of primary amides is 1. The van der Waals surface area contributed by atoms with E-state index in [1.807, 2.05) is 0 Å². The summed E-state index contributed by atoms with van der Waals surface area (Å²) in [6.07, 6.45) is 0. The van der Waals surface area contributed by atoms with Crippen molar-refractivity contribution in [1.82, 2.24) is 0 Å². The Morgan fingerprint density at radius 3 is 2.35 bits per heavy atom. The summed E-state index contributed by atoms with van der Waals surface area (Å²) in [5.74, 6) is 0.109. The van der Waals surface area contributed by atoms with Gasteiger partial charge in [-0.2, -0.15) is 0 Å². The van der Waals surface area contributed by atoms with E-state index in [1.54, 1.807) is 42.5 Å². The summed E-state index contributed by atoms with van der Waals surface area (Å²) < 4.78 is 5.69. The van der Waals surface area contributed by atoms with Gasteiger partial charge in [0.15, 0.2) is 0 Å². The average Bonchev–Trinajstić information content (AvgIpc) is 2.38. The first-order valence-electron chi connectivity index (χ1n) is 5.65. The van der Waals surface area contributed by atoms with Crippen LogP contribution in [0.25, 0.3) is 0 Å². The number of ether oxygens (including phenoxy) is 1. The zero-order chi connectivity index (χ0) is 14.7. The normalized spacial score (nSPS) is 10.1. The Morgan fingerprint density at radius 1 is 1.05 bits per heavy atom. The van der Waals surface area contributed by atoms with Crippen molar-refractivity contribution in [3.8, 4) is 11.5 Å². The minimum Gasteiger partial charge on any atom is -0.456 e. The summed E-state index contributed by atoms with van der Waals surface area (Å²) in [6, 6.07) is 11.6. The van der Waals surface area contributed by atoms with Crippen LogP contribution in [0.1, 0.15) is 15.9 Å². The number of benzene rings is 2. The van der Waals surface area contributed by atoms with Crippen LogP contribution in [0.15, 0.2) is 42.5 Å². The van der Waals surface area contributed by atoms with E-state index in [4.69, 9.17) is 40.0 Å². The number of nitrogens with two attached hydrogens (primary N) is 2. The lowest BCUT2D eigenvalue weighted by Gasteiger charge is -2.13. The van der Waals surface area contributed by atoms with Gasteiger partial charge in [0, 0.05) is 0 Å². The van der Waals surface area contributed by atoms with Crippen molar-refractivity contribution in [2.75, 3.05) is 0 Å². The van der Waals surface area contributed by atoms with Gasteiger partial charge in [-0.15, -0.1) is 0 Å². The third-order valence-electron chi connectivity index (χ3n) is 2.59. The number of carbonyl (C=O) groups is 1. The van der Waals surface area contributed by atoms with Gasteiger partial charge in [-0.1, -0.05) is 42.0 Å². The van der Waals surface area contributed by atoms with Crippen molar-refractivity contribution >= 4 is 34.7 Å². The number of para-hydroxylation sites is 1. The van der Waals surface area contributed by atoms with Crippen LogP contribution in [0, 0.1) is 0 Å². The largest absolute Gasteiger partial charge is 0.456 e. The molecule has 0 aliphatic carbocycles. The van der Waals surface area contributed by atoms with Gasteiger partial charge in [-0.05, 0) is 24.3 Å². The number of thiocarbonyl (C=S) groups is 1. The van der Waals surface area contributed by atoms with Crippen LogP contribution in [0.2, 0.25) is 5.02 Å². The number of hydrogen-bond donors (Lipinski definition) is 2. The second kappa shape index (κ2) is 5.90. The van der Waals surface area contributed by atoms with Crippen LogP contribution in [0.5, 0.6) is 11.5 Å². The minimum absolute atomic E-state index is 0.113. The van der Waals surface area contributed by atoms with Gasteiger partial charge in [-0.3, -0.25) is 4.79 Å². The highest BCUT2D eigenvalue weighted by Crippen LogP contribution is 2.31. The van der Waals surface area contributed by atoms with Crippen molar-refractivity contribution in [1.29, 1.82) is 0 Å². The van der Waals surface area contributed by atoms with E-state index in [0.29, 0.717) is 22.1 Å². The van der Waals surface area contributed by atoms with Crippen LogP contribution in [-0.4, -0.2) is 10.9 Å². The summed E-state index contributed by atoms with van der Waals surface area (Å²) >= 11 is 11.0. The molecule has 0 spiro atoms. The maximum absolute atomic E-state index is 11.4. The van der Waals surface area contributed by atoms with E-state index >= 15 is 0 Å². The van der Waals surface area contributed by atoms with E-state index in [2.05, 4.69) is 0 Å². The lowest BCUT2D eigenvalue weighted by molar-refractivity contribution is 0.0998. The van der Waals surface area contributed by atoms with Crippen LogP contribution in [0.3, 0.4) is 0 Å². The Balaban J connectivity index is 2.49. The highest BCUT2D eigenvalue weighted by atomic mass is 35.5. The molecule has 2 rings (SSSR count). The molecule has 4 nitrogen and oxygen atoms in total. The van der Waals surface area contributed by atoms with E-state index in [1.165, 1.54) is 0 Å². The second-order valence-corrected chi connectivity index (χ2v) is 4.79. The van der Waals surface area contributed by atoms with Gasteiger partial charge in [0.1, 0.15) is 16.5 Å². The fraction of sp³-hybridized carbons (Fsp3) is 0. The highest BCUT2D eigenvalue weighted by Gasteiger charge is 2.14. The molecule has 0 aliphatic heterocycles. The standard InChI is InChI=1S/C14H11ClN2O2S/c15-9-5-3-7-11(12(9)14(17)20)19-10-6-2-1-4-8(10)13(16)18/h1-7H,(H2,16,18)(H2,17,20). The Morgan fingerprint density at radius 2 is 1.70 bits per heavy atom. The molecule has 6 heteroatoms. The predicted octanol–water partition coefficient (Wildman–Crippen LogP) is 2.87. The van der Waals surface area contributed by atoms with Crippen LogP contribution in [-0.2, 0) is 0 Å². The zero-order valence-electron chi connectivity index (χ0n) is 10.3. The van der Waals surface area contributed by atoms with E-state index in [-0.39, 0.29) is 10.6 Å². The second-order valence-electron chi connectivity index (χ2n) is 3.94. The van der Waals surface area contributed by atoms with Gasteiger partial charge < -0.3 is 16.2 Å². The molecule has 2 aromatic carbocycles. The van der Waals surface area contributed by atoms with Gasteiger partial charge in [-0.25, -0.2) is 0 Å². The van der Waals surface area contributed by atoms with E-state index in [9.17, 15) is 4.79 Å². The number of halogens is 1. The zero-order valence-corrected chi connectivity index (χ0v) is 11.9. The molecule has 102 valence electrons. The fourth-order valence-corrected chi connectivity index (χ4v) is 2.24. The van der Waals surface area contributed by atoms with Crippen LogP contribution in [0.4, 0.5) is 0 Å². The van der Waals surface area contributed by atoms with Crippen molar-refractivity contribution in [2.45, 2.75) is 0 Å². The molecular formula is C14H11ClN2O2S. The summed E-state index contributed by atoms with van der Waals surface area (Å²) in [4.78, 5) is 11.5. The Bertz CT molecular complexity index is 689. The number of carbonyl (C=O) groups excluding carboxylic acids is 1. The molecule has 0 saturated heterocycles. The molecule has 0 radical (unpaired) electrons. The Kier molecular flexibility index (Phi) is 4.22. The highest BCUT2D eigenvalue weighted by molar-refractivity contribution is 7.80. The summed E-state index contributed by atoms with van der Waals surface area (Å²) in [5, 5.41) is 0.381. The SMILES string of the molecule is NC(=O)c1ccccc1Oc1cccc(Cl)c1C(N)=S. The summed E-state index contributed by atoms with van der Waals surface area (Å²) in [5.41, 5.74) is 11.6. The molecule has 0 saturated carbocycles. The molecule has 0 aliphatic rings. The van der Waals surface area contributed by atoms with E-state index in [0.717, 1.165) is 0 Å². The third-order valence-corrected chi connectivity index (χ3v) is 3.11. The first-order valence-corrected chi connectivity index (χ1v) is 6.44. The number of hydrogen-bond acceptors (Lipinski definition) is 3. The average molecular weight is 307 g/mol. The summed E-state index contributed by atoms with van der Waals surface area (Å²) in [6.45, 7) is 0. The summed E-state index contributed by atoms with van der Waals surface area (Å²) in [7, 11) is 0. The lowest BCUT2D eigenvalue weighted by Crippen LogP contribution is -2.14. The number of amides is 1. The van der Waals surface area contributed by atoms with E-state index < -0.39 is 5.91 Å². The van der Waals surface area contributed by atoms with Crippen molar-refractivity contribution in [3.05, 3.63) is 58.6 Å². The van der Waals surface area contributed by atoms with Gasteiger partial charge in [0.05, 0.1) is 16.1 Å². The van der Waals surface area contributed by atoms with Crippen LogP contribution >= 0.6 is 23.8 Å². The molecule has 1 amide bonds. The third kappa shape index (κ3) is 2.89. The van der Waals surface area contributed by atoms with Gasteiger partial charge in [0.25, 0.3) is 5.91 Å². The molecule has 0 bridgehead atoms. The quantitative estimate of drug-likeness (QED) is 0.851.